The highest BCUT2D eigenvalue weighted by Crippen LogP contribution is 2.62. The number of rotatable bonds is 10. The first-order chi connectivity index (χ1) is 36.1. The van der Waals surface area contributed by atoms with Crippen molar-refractivity contribution < 1.29 is 19.7 Å². The lowest BCUT2D eigenvalue weighted by Gasteiger charge is -2.37. The third-order valence-electron chi connectivity index (χ3n) is 16.0. The maximum Gasteiger partial charge on any atom is 0.120 e. The van der Waals surface area contributed by atoms with Gasteiger partial charge in [-0.1, -0.05) is 182 Å². The molecule has 0 fully saturated rings. The van der Waals surface area contributed by atoms with E-state index in [-0.39, 0.29) is 26.4 Å². The van der Waals surface area contributed by atoms with E-state index < -0.39 is 5.41 Å². The third kappa shape index (κ3) is 6.09. The van der Waals surface area contributed by atoms with Crippen LogP contribution < -0.4 is 9.47 Å². The number of fused-ring (bicyclic) bond motifs is 5. The van der Waals surface area contributed by atoms with Crippen LogP contribution in [0, 0.1) is 0 Å². The van der Waals surface area contributed by atoms with Gasteiger partial charge in [-0.25, -0.2) is 0 Å². The summed E-state index contributed by atoms with van der Waals surface area (Å²) in [6.45, 7) is 0.359. The van der Waals surface area contributed by atoms with Crippen molar-refractivity contribution in [1.29, 1.82) is 0 Å². The van der Waals surface area contributed by atoms with Crippen LogP contribution in [0.1, 0.15) is 22.3 Å². The Morgan fingerprint density at radius 3 is 1.04 bits per heavy atom. The third-order valence-corrected chi connectivity index (χ3v) is 16.0. The summed E-state index contributed by atoms with van der Waals surface area (Å²) in [5.41, 5.74) is 11.1. The molecule has 0 saturated heterocycles. The van der Waals surface area contributed by atoms with Gasteiger partial charge in [-0.15, -0.1) is 0 Å². The molecule has 1 aliphatic rings. The molecule has 0 unspecified atom stereocenters. The molecule has 73 heavy (non-hydrogen) atoms. The Labute approximate surface area is 421 Å². The summed E-state index contributed by atoms with van der Waals surface area (Å²) >= 11 is 0. The SMILES string of the molecule is OCCOc1ccc2cc(C3(c4ccc5cc(OCCO)ccc5c4)c4c(cccc4-c4ccc5ccc6cccc7ccc4c5c67)-c4cccc(-c5ccc6ccc7cccc8ccc5c6c78)c43)ccc2c1. The lowest BCUT2D eigenvalue weighted by molar-refractivity contribution is 0.201. The fraction of sp³-hybridized carbons (Fsp3) is 0.0725. The minimum atomic E-state index is -0.869. The molecule has 15 rings (SSSR count). The normalized spacial score (nSPS) is 13.1. The first kappa shape index (κ1) is 41.9. The number of aliphatic hydroxyl groups is 2. The maximum atomic E-state index is 9.64. The van der Waals surface area contributed by atoms with E-state index in [2.05, 4.69) is 206 Å². The zero-order valence-corrected chi connectivity index (χ0v) is 39.8. The van der Waals surface area contributed by atoms with Crippen molar-refractivity contribution in [3.05, 3.63) is 241 Å². The van der Waals surface area contributed by atoms with Crippen LogP contribution in [-0.4, -0.2) is 36.6 Å². The van der Waals surface area contributed by atoms with Gasteiger partial charge < -0.3 is 19.7 Å². The summed E-state index contributed by atoms with van der Waals surface area (Å²) in [6, 6.07) is 81.4. The lowest BCUT2D eigenvalue weighted by Crippen LogP contribution is -2.30. The van der Waals surface area contributed by atoms with Gasteiger partial charge in [-0.05, 0) is 178 Å². The Balaban J connectivity index is 1.09. The molecule has 14 aromatic rings. The van der Waals surface area contributed by atoms with E-state index in [9.17, 15) is 10.2 Å². The molecule has 1 aliphatic carbocycles. The Morgan fingerprint density at radius 1 is 0.288 bits per heavy atom. The molecule has 0 aliphatic heterocycles. The summed E-state index contributed by atoms with van der Waals surface area (Å²) in [7, 11) is 0. The molecule has 2 N–H and O–H groups in total. The quantitative estimate of drug-likeness (QED) is 0.134. The molecule has 14 aromatic carbocycles. The number of ether oxygens (including phenoxy) is 2. The van der Waals surface area contributed by atoms with E-state index in [4.69, 9.17) is 9.47 Å². The molecule has 0 radical (unpaired) electrons. The average molecular weight is 939 g/mol. The molecule has 0 amide bonds. The standard InChI is InChI=1S/C69H46O4/c70-33-35-72-53-27-19-47-37-51(25-17-49(47)39-53)69(52-26-18-50-40-54(73-36-34-71)28-20-48(50)38-52)67-59(55-29-21-45-15-13-41-5-1-7-43-23-31-57(55)65(45)63(41)43)9-3-11-61(67)62-12-4-10-60(68(62)69)56-30-22-46-16-14-42-6-2-8-44-24-32-58(56)66(46)64(42)44/h1-32,37-40,70-71H,33-36H2. The second kappa shape index (κ2) is 16.1. The minimum absolute atomic E-state index is 0.0517. The van der Waals surface area contributed by atoms with E-state index in [0.29, 0.717) is 0 Å². The number of hydrogen-bond acceptors (Lipinski definition) is 4. The largest absolute Gasteiger partial charge is 0.491 e. The summed E-state index contributed by atoms with van der Waals surface area (Å²) in [4.78, 5) is 0. The minimum Gasteiger partial charge on any atom is -0.491 e. The lowest BCUT2D eigenvalue weighted by atomic mass is 9.64. The van der Waals surface area contributed by atoms with Gasteiger partial charge in [0, 0.05) is 0 Å². The number of benzene rings is 14. The summed E-state index contributed by atoms with van der Waals surface area (Å²) in [6.07, 6.45) is 0. The second-order valence-corrected chi connectivity index (χ2v) is 19.7. The van der Waals surface area contributed by atoms with Gasteiger partial charge in [0.1, 0.15) is 24.7 Å². The molecule has 0 saturated carbocycles. The second-order valence-electron chi connectivity index (χ2n) is 19.7. The summed E-state index contributed by atoms with van der Waals surface area (Å²) in [5.74, 6) is 1.45. The fourth-order valence-corrected chi connectivity index (χ4v) is 13.0. The highest BCUT2D eigenvalue weighted by molar-refractivity contribution is 6.27. The van der Waals surface area contributed by atoms with E-state index in [1.807, 2.05) is 12.1 Å². The van der Waals surface area contributed by atoms with Crippen molar-refractivity contribution in [3.63, 3.8) is 0 Å². The molecule has 0 heterocycles. The zero-order chi connectivity index (χ0) is 48.4. The first-order valence-corrected chi connectivity index (χ1v) is 25.3. The molecule has 0 bridgehead atoms. The first-order valence-electron chi connectivity index (χ1n) is 25.3. The Bertz CT molecular complexity index is 4230. The van der Waals surface area contributed by atoms with Crippen molar-refractivity contribution in [2.24, 2.45) is 0 Å². The van der Waals surface area contributed by atoms with E-state index in [1.165, 1.54) is 109 Å². The highest BCUT2D eigenvalue weighted by atomic mass is 16.5. The van der Waals surface area contributed by atoms with Gasteiger partial charge in [0.15, 0.2) is 0 Å². The average Bonchev–Trinajstić information content (AvgIpc) is 3.76. The van der Waals surface area contributed by atoms with E-state index >= 15 is 0 Å². The van der Waals surface area contributed by atoms with Gasteiger partial charge in [0.2, 0.25) is 0 Å². The van der Waals surface area contributed by atoms with E-state index in [1.54, 1.807) is 0 Å². The Hall–Kier alpha value is -8.80. The van der Waals surface area contributed by atoms with Crippen LogP contribution in [0.5, 0.6) is 11.5 Å². The van der Waals surface area contributed by atoms with Crippen molar-refractivity contribution >= 4 is 86.2 Å². The van der Waals surface area contributed by atoms with Gasteiger partial charge >= 0.3 is 0 Å². The highest BCUT2D eigenvalue weighted by Gasteiger charge is 2.49. The van der Waals surface area contributed by atoms with Crippen molar-refractivity contribution in [2.45, 2.75) is 5.41 Å². The van der Waals surface area contributed by atoms with Crippen LogP contribution in [0.25, 0.3) is 120 Å². The Morgan fingerprint density at radius 2 is 0.616 bits per heavy atom. The smallest absolute Gasteiger partial charge is 0.120 e. The van der Waals surface area contributed by atoms with Crippen LogP contribution in [0.2, 0.25) is 0 Å². The number of hydrogen-bond donors (Lipinski definition) is 2. The van der Waals surface area contributed by atoms with Crippen LogP contribution in [0.3, 0.4) is 0 Å². The molecule has 0 spiro atoms. The summed E-state index contributed by atoms with van der Waals surface area (Å²) in [5, 5.41) is 38.7. The molecular formula is C69H46O4. The van der Waals surface area contributed by atoms with Crippen molar-refractivity contribution in [3.8, 4) is 44.9 Å². The predicted octanol–water partition coefficient (Wildman–Crippen LogP) is 16.2. The summed E-state index contributed by atoms with van der Waals surface area (Å²) < 4.78 is 11.9. The molecular weight excluding hydrogens is 893 g/mol. The fourth-order valence-electron chi connectivity index (χ4n) is 13.0. The number of aliphatic hydroxyl groups excluding tert-OH is 2. The van der Waals surface area contributed by atoms with Gasteiger partial charge in [-0.3, -0.25) is 0 Å². The van der Waals surface area contributed by atoms with Crippen molar-refractivity contribution in [2.75, 3.05) is 26.4 Å². The van der Waals surface area contributed by atoms with Crippen LogP contribution in [0.4, 0.5) is 0 Å². The van der Waals surface area contributed by atoms with Gasteiger partial charge in [-0.2, -0.15) is 0 Å². The van der Waals surface area contributed by atoms with Crippen molar-refractivity contribution in [1.82, 2.24) is 0 Å². The maximum absolute atomic E-state index is 9.64. The van der Waals surface area contributed by atoms with Crippen LogP contribution >= 0.6 is 0 Å². The monoisotopic (exact) mass is 938 g/mol. The molecule has 4 heteroatoms. The molecule has 0 atom stereocenters. The molecule has 0 aromatic heterocycles. The predicted molar refractivity (Wildman–Crippen MR) is 302 cm³/mol. The van der Waals surface area contributed by atoms with Gasteiger partial charge in [0.05, 0.1) is 18.6 Å². The zero-order valence-electron chi connectivity index (χ0n) is 39.8. The van der Waals surface area contributed by atoms with Crippen LogP contribution in [-0.2, 0) is 5.41 Å². The van der Waals surface area contributed by atoms with Crippen LogP contribution in [0.15, 0.2) is 218 Å². The molecule has 4 nitrogen and oxygen atoms in total. The molecule has 346 valence electrons. The van der Waals surface area contributed by atoms with E-state index in [0.717, 1.165) is 44.2 Å². The van der Waals surface area contributed by atoms with Gasteiger partial charge in [0.25, 0.3) is 0 Å². The Kier molecular flexibility index (Phi) is 9.25. The topological polar surface area (TPSA) is 58.9 Å².